The van der Waals surface area contributed by atoms with E-state index in [2.05, 4.69) is 25.3 Å². The summed E-state index contributed by atoms with van der Waals surface area (Å²) in [5.74, 6) is -0.306. The first kappa shape index (κ1) is 19.1. The van der Waals surface area contributed by atoms with Crippen molar-refractivity contribution in [1.29, 1.82) is 0 Å². The summed E-state index contributed by atoms with van der Waals surface area (Å²) in [6, 6.07) is 15.8. The first-order valence-corrected chi connectivity index (χ1v) is 9.11. The molecule has 4 N–H and O–H groups in total. The van der Waals surface area contributed by atoms with Gasteiger partial charge in [0.2, 0.25) is 11.9 Å². The van der Waals surface area contributed by atoms with Crippen molar-refractivity contribution in [2.45, 2.75) is 13.5 Å². The number of esters is 1. The normalized spacial score (nSPS) is 10.7. The standard InChI is InChI=1S/C21H18N6O3/c1-12-6-8-13(9-7-12)23-21-26-18(25-20(22)27-21)11-30-19(29)16-10-17(28)14-4-2-3-5-15(14)24-16/h2-10H,11H2,1H3,(H,24,28)(H3,22,23,25,26,27). The zero-order chi connectivity index (χ0) is 21.1. The smallest absolute Gasteiger partial charge is 0.355 e. The molecule has 2 aromatic heterocycles. The lowest BCUT2D eigenvalue weighted by Crippen LogP contribution is -2.14. The fraction of sp³-hybridized carbons (Fsp3) is 0.0952. The molecule has 30 heavy (non-hydrogen) atoms. The summed E-state index contributed by atoms with van der Waals surface area (Å²) < 4.78 is 5.25. The number of aromatic amines is 1. The lowest BCUT2D eigenvalue weighted by Gasteiger charge is -2.08. The average Bonchev–Trinajstić information content (AvgIpc) is 2.73. The summed E-state index contributed by atoms with van der Waals surface area (Å²) in [4.78, 5) is 39.7. The van der Waals surface area contributed by atoms with Crippen molar-refractivity contribution in [3.05, 3.63) is 81.9 Å². The van der Waals surface area contributed by atoms with Crippen LogP contribution in [0.5, 0.6) is 0 Å². The van der Waals surface area contributed by atoms with Crippen LogP contribution < -0.4 is 16.5 Å². The number of rotatable bonds is 5. The molecule has 0 unspecified atom stereocenters. The van der Waals surface area contributed by atoms with Crippen LogP contribution >= 0.6 is 0 Å². The number of pyridine rings is 1. The molecule has 2 heterocycles. The third-order valence-corrected chi connectivity index (χ3v) is 4.30. The third-order valence-electron chi connectivity index (χ3n) is 4.30. The highest BCUT2D eigenvalue weighted by Crippen LogP contribution is 2.15. The van der Waals surface area contributed by atoms with E-state index in [0.29, 0.717) is 10.9 Å². The number of hydrogen-bond acceptors (Lipinski definition) is 8. The number of nitrogens with zero attached hydrogens (tertiary/aromatic N) is 3. The number of aromatic nitrogens is 4. The lowest BCUT2D eigenvalue weighted by molar-refractivity contribution is 0.0455. The number of fused-ring (bicyclic) bond motifs is 1. The second kappa shape index (κ2) is 8.00. The second-order valence-corrected chi connectivity index (χ2v) is 6.59. The molecule has 0 saturated carbocycles. The molecule has 2 aromatic carbocycles. The molecule has 0 fully saturated rings. The van der Waals surface area contributed by atoms with Gasteiger partial charge in [-0.2, -0.15) is 15.0 Å². The van der Waals surface area contributed by atoms with Gasteiger partial charge in [0, 0.05) is 22.7 Å². The lowest BCUT2D eigenvalue weighted by atomic mass is 10.2. The summed E-state index contributed by atoms with van der Waals surface area (Å²) in [5.41, 5.74) is 7.96. The molecule has 150 valence electrons. The molecule has 0 aliphatic carbocycles. The SMILES string of the molecule is Cc1ccc(Nc2nc(N)nc(COC(=O)c3cc(=O)c4ccccc4[nH]3)n2)cc1. The van der Waals surface area contributed by atoms with Crippen LogP contribution in [0.1, 0.15) is 21.9 Å². The second-order valence-electron chi connectivity index (χ2n) is 6.59. The van der Waals surface area contributed by atoms with Crippen LogP contribution in [0.2, 0.25) is 0 Å². The maximum atomic E-state index is 12.4. The highest BCUT2D eigenvalue weighted by Gasteiger charge is 2.13. The van der Waals surface area contributed by atoms with Gasteiger partial charge >= 0.3 is 5.97 Å². The van der Waals surface area contributed by atoms with Crippen LogP contribution in [-0.2, 0) is 11.3 Å². The number of para-hydroxylation sites is 1. The minimum absolute atomic E-state index is 0.00947. The Hall–Kier alpha value is -4.27. The van der Waals surface area contributed by atoms with Crippen molar-refractivity contribution >= 4 is 34.5 Å². The largest absolute Gasteiger partial charge is 0.453 e. The van der Waals surface area contributed by atoms with Crippen LogP contribution in [0.3, 0.4) is 0 Å². The summed E-state index contributed by atoms with van der Waals surface area (Å²) in [6.45, 7) is 1.75. The Balaban J connectivity index is 1.49. The zero-order valence-corrected chi connectivity index (χ0v) is 16.0. The molecule has 4 rings (SSSR count). The number of H-pyrrole nitrogens is 1. The number of nitrogens with two attached hydrogens (primary N) is 1. The molecule has 0 atom stereocenters. The van der Waals surface area contributed by atoms with Crippen molar-refractivity contribution < 1.29 is 9.53 Å². The number of nitrogen functional groups attached to an aromatic ring is 1. The van der Waals surface area contributed by atoms with Gasteiger partial charge in [0.25, 0.3) is 0 Å². The van der Waals surface area contributed by atoms with Crippen molar-refractivity contribution in [3.8, 4) is 0 Å². The highest BCUT2D eigenvalue weighted by molar-refractivity contribution is 5.90. The fourth-order valence-electron chi connectivity index (χ4n) is 2.84. The molecule has 0 aliphatic rings. The number of nitrogens with one attached hydrogen (secondary N) is 2. The van der Waals surface area contributed by atoms with Gasteiger partial charge in [-0.15, -0.1) is 0 Å². The molecule has 0 spiro atoms. The number of carbonyl (C=O) groups is 1. The van der Waals surface area contributed by atoms with E-state index in [1.807, 2.05) is 31.2 Å². The fourth-order valence-corrected chi connectivity index (χ4v) is 2.84. The van der Waals surface area contributed by atoms with Gasteiger partial charge in [0.1, 0.15) is 5.69 Å². The first-order valence-electron chi connectivity index (χ1n) is 9.11. The molecular weight excluding hydrogens is 384 g/mol. The van der Waals surface area contributed by atoms with Crippen LogP contribution in [-0.4, -0.2) is 25.9 Å². The van der Waals surface area contributed by atoms with Crippen molar-refractivity contribution in [3.63, 3.8) is 0 Å². The van der Waals surface area contributed by atoms with E-state index in [-0.39, 0.29) is 35.5 Å². The average molecular weight is 402 g/mol. The molecule has 0 amide bonds. The molecular formula is C21H18N6O3. The Labute approximate surface area is 171 Å². The maximum Gasteiger partial charge on any atom is 0.355 e. The number of benzene rings is 2. The maximum absolute atomic E-state index is 12.4. The van der Waals surface area contributed by atoms with E-state index >= 15 is 0 Å². The summed E-state index contributed by atoms with van der Waals surface area (Å²) in [7, 11) is 0. The zero-order valence-electron chi connectivity index (χ0n) is 16.0. The summed E-state index contributed by atoms with van der Waals surface area (Å²) >= 11 is 0. The van der Waals surface area contributed by atoms with Gasteiger partial charge in [-0.25, -0.2) is 4.79 Å². The Morgan fingerprint density at radius 3 is 2.67 bits per heavy atom. The van der Waals surface area contributed by atoms with E-state index in [1.54, 1.807) is 24.3 Å². The quantitative estimate of drug-likeness (QED) is 0.434. The summed E-state index contributed by atoms with van der Waals surface area (Å²) in [6.07, 6.45) is 0. The number of carbonyl (C=O) groups excluding carboxylic acids is 1. The predicted molar refractivity (Wildman–Crippen MR) is 112 cm³/mol. The van der Waals surface area contributed by atoms with E-state index in [9.17, 15) is 9.59 Å². The molecule has 0 radical (unpaired) electrons. The van der Waals surface area contributed by atoms with Crippen molar-refractivity contribution in [2.24, 2.45) is 0 Å². The van der Waals surface area contributed by atoms with Gasteiger partial charge in [0.05, 0.1) is 0 Å². The monoisotopic (exact) mass is 402 g/mol. The summed E-state index contributed by atoms with van der Waals surface area (Å²) in [5, 5.41) is 3.52. The minimum Gasteiger partial charge on any atom is -0.453 e. The van der Waals surface area contributed by atoms with Crippen LogP contribution in [0, 0.1) is 6.92 Å². The van der Waals surface area contributed by atoms with Gasteiger partial charge in [-0.05, 0) is 31.2 Å². The molecule has 0 aliphatic heterocycles. The number of aryl methyl sites for hydroxylation is 1. The molecule has 9 nitrogen and oxygen atoms in total. The van der Waals surface area contributed by atoms with Crippen LogP contribution in [0.15, 0.2) is 59.4 Å². The van der Waals surface area contributed by atoms with Crippen LogP contribution in [0.25, 0.3) is 10.9 Å². The van der Waals surface area contributed by atoms with Crippen molar-refractivity contribution in [2.75, 3.05) is 11.1 Å². The van der Waals surface area contributed by atoms with Gasteiger partial charge in [0.15, 0.2) is 17.9 Å². The minimum atomic E-state index is -0.704. The Kier molecular flexibility index (Phi) is 5.08. The van der Waals surface area contributed by atoms with Crippen molar-refractivity contribution in [1.82, 2.24) is 19.9 Å². The molecule has 0 saturated heterocycles. The van der Waals surface area contributed by atoms with Gasteiger partial charge < -0.3 is 20.8 Å². The van der Waals surface area contributed by atoms with Crippen LogP contribution in [0.4, 0.5) is 17.6 Å². The Morgan fingerprint density at radius 2 is 1.87 bits per heavy atom. The Bertz CT molecular complexity index is 1280. The number of ether oxygens (including phenoxy) is 1. The first-order chi connectivity index (χ1) is 14.5. The third kappa shape index (κ3) is 4.25. The van der Waals surface area contributed by atoms with E-state index < -0.39 is 5.97 Å². The molecule has 4 aromatic rings. The predicted octanol–water partition coefficient (Wildman–Crippen LogP) is 2.70. The number of anilines is 3. The van der Waals surface area contributed by atoms with Gasteiger partial charge in [-0.3, -0.25) is 4.79 Å². The van der Waals surface area contributed by atoms with E-state index in [1.165, 1.54) is 6.07 Å². The number of hydrogen-bond donors (Lipinski definition) is 3. The topological polar surface area (TPSA) is 136 Å². The molecule has 0 bridgehead atoms. The Morgan fingerprint density at radius 1 is 1.10 bits per heavy atom. The van der Waals surface area contributed by atoms with E-state index in [0.717, 1.165) is 11.3 Å². The molecule has 9 heteroatoms. The highest BCUT2D eigenvalue weighted by atomic mass is 16.5. The van der Waals surface area contributed by atoms with E-state index in [4.69, 9.17) is 10.5 Å². The van der Waals surface area contributed by atoms with Gasteiger partial charge in [-0.1, -0.05) is 29.8 Å².